The van der Waals surface area contributed by atoms with Gasteiger partial charge in [0.1, 0.15) is 0 Å². The first-order chi connectivity index (χ1) is 34.8. The molecule has 0 radical (unpaired) electrons. The highest BCUT2D eigenvalue weighted by atomic mass is 32.1. The van der Waals surface area contributed by atoms with Gasteiger partial charge in [0.2, 0.25) is 0 Å². The van der Waals surface area contributed by atoms with Crippen LogP contribution >= 0.6 is 11.3 Å². The fourth-order valence-electron chi connectivity index (χ4n) is 14.5. The Morgan fingerprint density at radius 1 is 0.453 bits per heavy atom. The van der Waals surface area contributed by atoms with Crippen molar-refractivity contribution in [3.63, 3.8) is 0 Å². The maximum Gasteiger partial charge on any atom is 0.264 e. The topological polar surface area (TPSA) is 6.48 Å². The van der Waals surface area contributed by atoms with E-state index < -0.39 is 0 Å². The summed E-state index contributed by atoms with van der Waals surface area (Å²) in [6.45, 7) is 46.8. The lowest BCUT2D eigenvalue weighted by Crippen LogP contribution is -2.61. The number of aryl methyl sites for hydroxylation is 1. The molecule has 0 saturated heterocycles. The highest BCUT2D eigenvalue weighted by molar-refractivity contribution is 7.33. The van der Waals surface area contributed by atoms with Gasteiger partial charge in [-0.15, -0.1) is 11.3 Å². The standard InChI is InChI=1S/C71H85BN2S/c1-42-31-58-61-59(32-42)74(56-39-52-49(66(8,9)25-28-69(52,14)15)36-47(56)43-23-21-20-22-24-43)57-40-53-51(68(12,13)27-29-70(53,16)17)38-55(57)72(61)63-62(73(58)46-34-44(64(2,3)4)33-45(35-46)65(5,6)7)48-37-50-54(41-60(48)75-63)71(18,19)30-26-67(50,10)11/h20-24,31-41H,25-30H2,1-19H3. The predicted octanol–water partition coefficient (Wildman–Crippen LogP) is 18.6. The lowest BCUT2D eigenvalue weighted by Gasteiger charge is -2.48. The molecular formula is C71H85BN2S. The van der Waals surface area contributed by atoms with Crippen LogP contribution in [0.4, 0.5) is 34.1 Å². The van der Waals surface area contributed by atoms with E-state index in [0.717, 1.165) is 6.42 Å². The van der Waals surface area contributed by atoms with Crippen LogP contribution in [-0.2, 0) is 43.3 Å². The van der Waals surface area contributed by atoms with Crippen molar-refractivity contribution in [2.24, 2.45) is 0 Å². The van der Waals surface area contributed by atoms with E-state index in [1.165, 1.54) is 153 Å². The zero-order valence-electron chi connectivity index (χ0n) is 49.4. The smallest absolute Gasteiger partial charge is 0.264 e. The number of benzene rings is 6. The quantitative estimate of drug-likeness (QED) is 0.163. The second kappa shape index (κ2) is 16.0. The molecule has 388 valence electrons. The van der Waals surface area contributed by atoms with Gasteiger partial charge >= 0.3 is 0 Å². The third kappa shape index (κ3) is 7.73. The Balaban J connectivity index is 1.27. The van der Waals surface area contributed by atoms with Crippen molar-refractivity contribution in [3.05, 3.63) is 147 Å². The summed E-state index contributed by atoms with van der Waals surface area (Å²) in [5, 5.41) is 1.40. The van der Waals surface area contributed by atoms with Crippen LogP contribution in [0.1, 0.15) is 213 Å². The maximum absolute atomic E-state index is 2.79. The van der Waals surface area contributed by atoms with Crippen LogP contribution in [0.15, 0.2) is 97.1 Å². The number of rotatable bonds is 3. The number of hydrogen-bond donors (Lipinski definition) is 0. The molecule has 0 amide bonds. The lowest BCUT2D eigenvalue weighted by molar-refractivity contribution is 0.332. The molecule has 0 N–H and O–H groups in total. The van der Waals surface area contributed by atoms with Crippen LogP contribution < -0.4 is 25.5 Å². The number of hydrogen-bond acceptors (Lipinski definition) is 3. The van der Waals surface area contributed by atoms with Gasteiger partial charge < -0.3 is 9.80 Å². The average Bonchev–Trinajstić information content (AvgIpc) is 3.77. The molecular weight excluding hydrogens is 924 g/mol. The maximum atomic E-state index is 2.79. The molecule has 3 aliphatic carbocycles. The molecule has 12 rings (SSSR count). The van der Waals surface area contributed by atoms with Crippen LogP contribution in [0.5, 0.6) is 0 Å². The minimum Gasteiger partial charge on any atom is -0.311 e. The van der Waals surface area contributed by atoms with Gasteiger partial charge in [0.25, 0.3) is 6.71 Å². The monoisotopic (exact) mass is 1010 g/mol. The van der Waals surface area contributed by atoms with E-state index in [0.29, 0.717) is 0 Å². The fourth-order valence-corrected chi connectivity index (χ4v) is 15.8. The molecule has 2 aliphatic heterocycles. The summed E-state index contributed by atoms with van der Waals surface area (Å²) >= 11 is 2.09. The minimum atomic E-state index is -0.0490. The number of nitrogens with zero attached hydrogens (tertiary/aromatic N) is 2. The van der Waals surface area contributed by atoms with E-state index in [2.05, 4.69) is 250 Å². The first-order valence-corrected chi connectivity index (χ1v) is 29.6. The highest BCUT2D eigenvalue weighted by Gasteiger charge is 2.50. The zero-order valence-corrected chi connectivity index (χ0v) is 50.2. The van der Waals surface area contributed by atoms with Crippen molar-refractivity contribution >= 4 is 78.0 Å². The minimum absolute atomic E-state index is 0.0256. The largest absolute Gasteiger partial charge is 0.311 e. The Hall–Kier alpha value is -5.06. The van der Waals surface area contributed by atoms with Crippen LogP contribution in [0.25, 0.3) is 21.2 Å². The van der Waals surface area contributed by atoms with Gasteiger partial charge in [0.15, 0.2) is 0 Å². The summed E-state index contributed by atoms with van der Waals surface area (Å²) in [7, 11) is 0. The third-order valence-electron chi connectivity index (χ3n) is 20.0. The molecule has 0 bridgehead atoms. The summed E-state index contributed by atoms with van der Waals surface area (Å²) in [6.07, 6.45) is 7.07. The Bertz CT molecular complexity index is 3510. The van der Waals surface area contributed by atoms with Crippen molar-refractivity contribution in [1.29, 1.82) is 0 Å². The highest BCUT2D eigenvalue weighted by Crippen LogP contribution is 2.57. The van der Waals surface area contributed by atoms with Crippen molar-refractivity contribution in [2.75, 3.05) is 9.80 Å². The Morgan fingerprint density at radius 2 is 0.893 bits per heavy atom. The van der Waals surface area contributed by atoms with Gasteiger partial charge in [-0.05, 0) is 210 Å². The van der Waals surface area contributed by atoms with E-state index >= 15 is 0 Å². The molecule has 0 atom stereocenters. The zero-order chi connectivity index (χ0) is 53.7. The second-order valence-electron chi connectivity index (χ2n) is 30.3. The van der Waals surface area contributed by atoms with Crippen LogP contribution in [0, 0.1) is 6.92 Å². The Kier molecular flexibility index (Phi) is 10.8. The molecule has 0 unspecified atom stereocenters. The number of thiophene rings is 1. The van der Waals surface area contributed by atoms with Gasteiger partial charge in [0.05, 0.1) is 11.4 Å². The van der Waals surface area contributed by atoms with Crippen molar-refractivity contribution in [1.82, 2.24) is 0 Å². The van der Waals surface area contributed by atoms with Gasteiger partial charge in [-0.25, -0.2) is 0 Å². The van der Waals surface area contributed by atoms with Gasteiger partial charge in [0, 0.05) is 43.2 Å². The Labute approximate surface area is 456 Å². The van der Waals surface area contributed by atoms with E-state index in [4.69, 9.17) is 0 Å². The second-order valence-corrected chi connectivity index (χ2v) is 31.4. The van der Waals surface area contributed by atoms with Gasteiger partial charge in [-0.1, -0.05) is 167 Å². The van der Waals surface area contributed by atoms with Gasteiger partial charge in [-0.2, -0.15) is 0 Å². The summed E-state index contributed by atoms with van der Waals surface area (Å²) in [4.78, 5) is 5.57. The average molecular weight is 1010 g/mol. The lowest BCUT2D eigenvalue weighted by atomic mass is 9.35. The molecule has 7 aromatic rings. The first-order valence-electron chi connectivity index (χ1n) is 28.7. The molecule has 0 saturated carbocycles. The predicted molar refractivity (Wildman–Crippen MR) is 329 cm³/mol. The van der Waals surface area contributed by atoms with Crippen molar-refractivity contribution < 1.29 is 0 Å². The molecule has 4 heteroatoms. The van der Waals surface area contributed by atoms with Crippen LogP contribution in [0.2, 0.25) is 0 Å². The van der Waals surface area contributed by atoms with Crippen LogP contribution in [0.3, 0.4) is 0 Å². The SMILES string of the molecule is Cc1cc2c3c(c1)N(c1cc(C(C)(C)C)cc(C(C)(C)C)c1)c1c(sc4cc5c(cc14)C(C)(C)CCC5(C)C)B3c1cc3c(cc1N2c1cc2c(cc1-c1ccccc1)C(C)(C)CCC2(C)C)C(C)(C)CCC3(C)C. The molecule has 5 aliphatic rings. The molecule has 0 spiro atoms. The number of anilines is 6. The van der Waals surface area contributed by atoms with E-state index in [9.17, 15) is 0 Å². The number of fused-ring (bicyclic) bond motifs is 9. The van der Waals surface area contributed by atoms with Gasteiger partial charge in [-0.3, -0.25) is 0 Å². The van der Waals surface area contributed by atoms with E-state index in [1.54, 1.807) is 0 Å². The molecule has 75 heavy (non-hydrogen) atoms. The summed E-state index contributed by atoms with van der Waals surface area (Å²) < 4.78 is 2.89. The fraction of sp³-hybridized carbons (Fsp3) is 0.465. The molecule has 0 fully saturated rings. The summed E-state index contributed by atoms with van der Waals surface area (Å²) in [5.74, 6) is 0. The van der Waals surface area contributed by atoms with Crippen molar-refractivity contribution in [3.8, 4) is 11.1 Å². The summed E-state index contributed by atoms with van der Waals surface area (Å²) in [5.41, 5.74) is 26.8. The summed E-state index contributed by atoms with van der Waals surface area (Å²) in [6, 6.07) is 40.2. The third-order valence-corrected chi connectivity index (χ3v) is 21.2. The molecule has 6 aromatic carbocycles. The van der Waals surface area contributed by atoms with E-state index in [1.807, 2.05) is 0 Å². The molecule has 2 nitrogen and oxygen atoms in total. The normalized spacial score (nSPS) is 20.2. The molecule has 1 aromatic heterocycles. The van der Waals surface area contributed by atoms with Crippen LogP contribution in [-0.4, -0.2) is 6.71 Å². The Morgan fingerprint density at radius 3 is 1.40 bits per heavy atom. The molecule has 3 heterocycles. The van der Waals surface area contributed by atoms with E-state index in [-0.39, 0.29) is 50.0 Å². The van der Waals surface area contributed by atoms with Crippen molar-refractivity contribution in [2.45, 2.75) is 213 Å². The first kappa shape index (κ1) is 50.7.